The van der Waals surface area contributed by atoms with Gasteiger partial charge in [0, 0.05) is 48.5 Å². The zero-order valence-electron chi connectivity index (χ0n) is 31.8. The first-order valence-corrected chi connectivity index (χ1v) is 17.3. The van der Waals surface area contributed by atoms with Crippen LogP contribution in [0, 0.1) is 0 Å². The quantitative estimate of drug-likeness (QED) is 0.0995. The molecule has 0 bridgehead atoms. The molecule has 56 heavy (non-hydrogen) atoms. The van der Waals surface area contributed by atoms with E-state index in [1.54, 1.807) is 0 Å². The lowest BCUT2D eigenvalue weighted by atomic mass is 9.97. The summed E-state index contributed by atoms with van der Waals surface area (Å²) in [5, 5.41) is 22.8. The first-order chi connectivity index (χ1) is 26.3. The molecule has 14 atom stereocenters. The van der Waals surface area contributed by atoms with Crippen LogP contribution >= 0.6 is 0 Å². The van der Waals surface area contributed by atoms with Crippen molar-refractivity contribution < 1.29 is 105 Å². The molecule has 0 aromatic heterocycles. The number of carbonyl (C=O) groups excluding carboxylic acids is 7. The normalized spacial score (nSPS) is 34.2. The Morgan fingerprint density at radius 1 is 0.571 bits per heavy atom. The zero-order chi connectivity index (χ0) is 41.9. The van der Waals surface area contributed by atoms with E-state index >= 15 is 0 Å². The highest BCUT2D eigenvalue weighted by Crippen LogP contribution is 2.34. The SMILES string of the molecule is C=CCO[C@H]1[C@@H](O[C@H]2OC[C@@H](OC(C)=O)[C@H](OC(C)=O)[C@@H]2OC(C)=O)[C@H](O)[C@@H](CO[C@H]2O[C@H](COC(C)=O)[C@@H](OC(C)=O)[C@H](OC(C)=O)[C@@H]2OC(C)=O)O[C@@H]1O. The molecular formula is C34H48O22. The van der Waals surface area contributed by atoms with Crippen molar-refractivity contribution in [3.63, 3.8) is 0 Å². The van der Waals surface area contributed by atoms with Crippen molar-refractivity contribution in [2.45, 2.75) is 134 Å². The molecule has 3 rings (SSSR count). The van der Waals surface area contributed by atoms with Gasteiger partial charge in [0.2, 0.25) is 0 Å². The minimum absolute atomic E-state index is 0.187. The molecule has 3 fully saturated rings. The highest BCUT2D eigenvalue weighted by atomic mass is 16.8. The molecule has 0 aliphatic carbocycles. The van der Waals surface area contributed by atoms with E-state index in [-0.39, 0.29) is 6.61 Å². The third-order valence-electron chi connectivity index (χ3n) is 8.01. The third kappa shape index (κ3) is 13.1. The van der Waals surface area contributed by atoms with Crippen molar-refractivity contribution >= 4 is 41.8 Å². The van der Waals surface area contributed by atoms with Crippen LogP contribution in [0.15, 0.2) is 12.7 Å². The first-order valence-electron chi connectivity index (χ1n) is 17.3. The molecular weight excluding hydrogens is 760 g/mol. The van der Waals surface area contributed by atoms with Crippen LogP contribution in [0.2, 0.25) is 0 Å². The van der Waals surface area contributed by atoms with E-state index in [4.69, 9.17) is 61.6 Å². The van der Waals surface area contributed by atoms with Crippen molar-refractivity contribution in [1.82, 2.24) is 0 Å². The molecule has 0 saturated carbocycles. The van der Waals surface area contributed by atoms with E-state index in [2.05, 4.69) is 6.58 Å². The Kier molecular flexibility index (Phi) is 17.5. The minimum atomic E-state index is -1.86. The lowest BCUT2D eigenvalue weighted by Crippen LogP contribution is -2.65. The summed E-state index contributed by atoms with van der Waals surface area (Å²) in [6.45, 7) is 9.12. The zero-order valence-corrected chi connectivity index (χ0v) is 31.8. The molecule has 0 spiro atoms. The molecule has 3 heterocycles. The maximum atomic E-state index is 12.2. The Hall–Kier alpha value is -4.29. The summed E-state index contributed by atoms with van der Waals surface area (Å²) in [5.74, 6) is -5.86. The second-order valence-corrected chi connectivity index (χ2v) is 12.6. The number of esters is 7. The van der Waals surface area contributed by atoms with Crippen molar-refractivity contribution in [2.75, 3.05) is 26.4 Å². The fourth-order valence-corrected chi connectivity index (χ4v) is 6.05. The van der Waals surface area contributed by atoms with Gasteiger partial charge in [-0.2, -0.15) is 0 Å². The predicted octanol–water partition coefficient (Wildman–Crippen LogP) is -1.73. The van der Waals surface area contributed by atoms with E-state index in [1.807, 2.05) is 0 Å². The Morgan fingerprint density at radius 3 is 1.62 bits per heavy atom. The number of rotatable bonds is 16. The first kappa shape index (κ1) is 46.1. The number of ether oxygens (including phenoxy) is 13. The van der Waals surface area contributed by atoms with Crippen molar-refractivity contribution in [3.8, 4) is 0 Å². The molecule has 0 aromatic carbocycles. The number of hydrogen-bond acceptors (Lipinski definition) is 22. The second kappa shape index (κ2) is 21.3. The molecule has 22 heteroatoms. The van der Waals surface area contributed by atoms with Gasteiger partial charge in [0.05, 0.1) is 19.8 Å². The fourth-order valence-electron chi connectivity index (χ4n) is 6.05. The van der Waals surface area contributed by atoms with Crippen molar-refractivity contribution in [1.29, 1.82) is 0 Å². The van der Waals surface area contributed by atoms with E-state index in [9.17, 15) is 43.8 Å². The smallest absolute Gasteiger partial charge is 0.303 e. The standard InChI is InChI=1S/C34H48O22/c1-9-10-44-29-27(56-34-30(52-19(7)40)26(50-17(5)38)22(13-47-34)48-15(3)36)24(42)21(54-32(29)43)11-46-33-31(53-20(8)41)28(51-18(6)39)25(49-16(4)37)23(55-33)12-45-14(2)35/h9,21-34,42-43H,1,10-13H2,2-8H3/t21-,22-,23-,24-,25-,26+,27+,28+,29+,30+,31+,32+,33+,34-/m1/s1. The van der Waals surface area contributed by atoms with Crippen LogP contribution < -0.4 is 0 Å². The predicted molar refractivity (Wildman–Crippen MR) is 176 cm³/mol. The Morgan fingerprint density at radius 2 is 1.09 bits per heavy atom. The molecule has 0 unspecified atom stereocenters. The highest BCUT2D eigenvalue weighted by molar-refractivity contribution is 5.69. The Bertz CT molecular complexity index is 1420. The topological polar surface area (TPSA) is 280 Å². The third-order valence-corrected chi connectivity index (χ3v) is 8.01. The van der Waals surface area contributed by atoms with E-state index in [0.717, 1.165) is 48.5 Å². The van der Waals surface area contributed by atoms with Crippen LogP contribution in [-0.2, 0) is 95.1 Å². The van der Waals surface area contributed by atoms with Gasteiger partial charge in [-0.15, -0.1) is 6.58 Å². The second-order valence-electron chi connectivity index (χ2n) is 12.6. The number of aliphatic hydroxyl groups is 2. The Labute approximate surface area is 320 Å². The van der Waals surface area contributed by atoms with Crippen LogP contribution in [-0.4, -0.2) is 164 Å². The average Bonchev–Trinajstić information content (AvgIpc) is 3.07. The van der Waals surface area contributed by atoms with Crippen LogP contribution in [0.5, 0.6) is 0 Å². The number of carbonyl (C=O) groups is 7. The molecule has 3 saturated heterocycles. The summed E-state index contributed by atoms with van der Waals surface area (Å²) in [7, 11) is 0. The molecule has 2 N–H and O–H groups in total. The van der Waals surface area contributed by atoms with Crippen molar-refractivity contribution in [2.24, 2.45) is 0 Å². The van der Waals surface area contributed by atoms with Crippen LogP contribution in [0.1, 0.15) is 48.5 Å². The van der Waals surface area contributed by atoms with Crippen LogP contribution in [0.4, 0.5) is 0 Å². The molecule has 3 aliphatic rings. The maximum absolute atomic E-state index is 12.2. The molecule has 22 nitrogen and oxygen atoms in total. The summed E-state index contributed by atoms with van der Waals surface area (Å²) < 4.78 is 72.1. The van der Waals surface area contributed by atoms with Gasteiger partial charge in [0.25, 0.3) is 0 Å². The Balaban J connectivity index is 1.96. The van der Waals surface area contributed by atoms with E-state index in [0.29, 0.717) is 0 Å². The molecule has 0 amide bonds. The summed E-state index contributed by atoms with van der Waals surface area (Å²) >= 11 is 0. The maximum Gasteiger partial charge on any atom is 0.303 e. The van der Waals surface area contributed by atoms with Crippen LogP contribution in [0.25, 0.3) is 0 Å². The van der Waals surface area contributed by atoms with Gasteiger partial charge in [-0.3, -0.25) is 33.6 Å². The average molecular weight is 809 g/mol. The van der Waals surface area contributed by atoms with Gasteiger partial charge < -0.3 is 71.8 Å². The number of aliphatic hydroxyl groups excluding tert-OH is 2. The lowest BCUT2D eigenvalue weighted by molar-refractivity contribution is -0.357. The van der Waals surface area contributed by atoms with Gasteiger partial charge in [0.15, 0.2) is 55.5 Å². The van der Waals surface area contributed by atoms with E-state index < -0.39 is 148 Å². The van der Waals surface area contributed by atoms with Gasteiger partial charge in [-0.1, -0.05) is 6.08 Å². The van der Waals surface area contributed by atoms with Gasteiger partial charge in [-0.25, -0.2) is 0 Å². The largest absolute Gasteiger partial charge is 0.463 e. The summed E-state index contributed by atoms with van der Waals surface area (Å²) in [4.78, 5) is 84.3. The molecule has 0 radical (unpaired) electrons. The van der Waals surface area contributed by atoms with Crippen LogP contribution in [0.3, 0.4) is 0 Å². The summed E-state index contributed by atoms with van der Waals surface area (Å²) in [5.41, 5.74) is 0. The van der Waals surface area contributed by atoms with Crippen molar-refractivity contribution in [3.05, 3.63) is 12.7 Å². The van der Waals surface area contributed by atoms with Gasteiger partial charge in [-0.05, 0) is 0 Å². The minimum Gasteiger partial charge on any atom is -0.463 e. The lowest BCUT2D eigenvalue weighted by Gasteiger charge is -2.47. The molecule has 0 aromatic rings. The summed E-state index contributed by atoms with van der Waals surface area (Å²) in [6, 6.07) is 0. The molecule has 316 valence electrons. The highest BCUT2D eigenvalue weighted by Gasteiger charge is 2.55. The van der Waals surface area contributed by atoms with Gasteiger partial charge in [0.1, 0.15) is 37.1 Å². The fraction of sp³-hybridized carbons (Fsp3) is 0.735. The monoisotopic (exact) mass is 808 g/mol. The summed E-state index contributed by atoms with van der Waals surface area (Å²) in [6.07, 6.45) is -20.6. The number of hydrogen-bond donors (Lipinski definition) is 2. The molecule has 3 aliphatic heterocycles. The van der Waals surface area contributed by atoms with E-state index in [1.165, 1.54) is 6.08 Å². The van der Waals surface area contributed by atoms with Gasteiger partial charge >= 0.3 is 41.8 Å².